The van der Waals surface area contributed by atoms with Crippen LogP contribution in [0.5, 0.6) is 0 Å². The topological polar surface area (TPSA) is 52.1 Å². The molecule has 0 aliphatic heterocycles. The first-order chi connectivity index (χ1) is 12.6. The van der Waals surface area contributed by atoms with Crippen LogP contribution in [-0.4, -0.2) is 11.2 Å². The Bertz CT molecular complexity index is 368. The van der Waals surface area contributed by atoms with Gasteiger partial charge in [0.05, 0.1) is 4.87 Å². The van der Waals surface area contributed by atoms with Crippen LogP contribution in [0.1, 0.15) is 104 Å². The molecule has 0 aliphatic carbocycles. The molecule has 0 bridgehead atoms. The molecule has 0 radical (unpaired) electrons. The normalized spacial score (nSPS) is 12.3. The van der Waals surface area contributed by atoms with E-state index in [9.17, 15) is 4.79 Å². The molecule has 158 valence electrons. The molecule has 3 N–H and O–H groups in total. The summed E-state index contributed by atoms with van der Waals surface area (Å²) in [6.07, 6.45) is 19.3. The Kier molecular flexibility index (Phi) is 22.5. The van der Waals surface area contributed by atoms with Crippen LogP contribution < -0.4 is 6.15 Å². The molecule has 0 aromatic heterocycles. The summed E-state index contributed by atoms with van der Waals surface area (Å²) in [6.45, 7) is 4.08. The van der Waals surface area contributed by atoms with E-state index in [4.69, 9.17) is 11.6 Å². The smallest absolute Gasteiger partial charge is 0.140 e. The quantitative estimate of drug-likeness (QED) is 0.183. The van der Waals surface area contributed by atoms with E-state index < -0.39 is 4.87 Å². The van der Waals surface area contributed by atoms with E-state index in [-0.39, 0.29) is 6.15 Å². The van der Waals surface area contributed by atoms with Gasteiger partial charge in [0.15, 0.2) is 0 Å². The molecule has 2 nitrogen and oxygen atoms in total. The van der Waals surface area contributed by atoms with Crippen LogP contribution >= 0.6 is 11.6 Å². The Morgan fingerprint density at radius 3 is 1.26 bits per heavy atom. The van der Waals surface area contributed by atoms with Crippen LogP contribution in [0.15, 0.2) is 36.4 Å². The highest BCUT2D eigenvalue weighted by molar-refractivity contribution is 6.31. The molecule has 1 aromatic rings. The number of unbranched alkanes of at least 4 members (excludes halogenated alkanes) is 12. The Hall–Kier alpha value is -0.860. The van der Waals surface area contributed by atoms with Gasteiger partial charge < -0.3 is 10.9 Å². The third-order valence-electron chi connectivity index (χ3n) is 4.68. The fraction of sp³-hybridized carbons (Fsp3) is 0.708. The molecular formula is C24H44ClNO. The molecule has 0 saturated carbocycles. The first kappa shape index (κ1) is 28.4. The number of aldehydes is 1. The number of carbonyl (C=O) groups excluding carboxylic acids is 1. The molecule has 27 heavy (non-hydrogen) atoms. The lowest BCUT2D eigenvalue weighted by molar-refractivity contribution is -0.109. The van der Waals surface area contributed by atoms with Crippen LogP contribution in [-0.2, 0) is 4.79 Å². The third-order valence-corrected chi connectivity index (χ3v) is 4.96. The zero-order chi connectivity index (χ0) is 19.3. The van der Waals surface area contributed by atoms with E-state index in [1.54, 1.807) is 0 Å². The second-order valence-electron chi connectivity index (χ2n) is 7.54. The molecule has 0 amide bonds. The molecule has 1 aromatic carbocycles. The predicted molar refractivity (Wildman–Crippen MR) is 122 cm³/mol. The van der Waals surface area contributed by atoms with Gasteiger partial charge >= 0.3 is 0 Å². The molecule has 0 saturated heterocycles. The fourth-order valence-corrected chi connectivity index (χ4v) is 3.07. The first-order valence-corrected chi connectivity index (χ1v) is 11.2. The summed E-state index contributed by atoms with van der Waals surface area (Å²) in [5, 5.41) is 0. The summed E-state index contributed by atoms with van der Waals surface area (Å²) in [5.41, 5.74) is 0. The van der Waals surface area contributed by atoms with Gasteiger partial charge in [-0.15, -0.1) is 11.6 Å². The number of rotatable bonds is 15. The average molecular weight is 398 g/mol. The minimum Gasteiger partial charge on any atom is -0.344 e. The number of hydrogen-bond donors (Lipinski definition) is 1. The summed E-state index contributed by atoms with van der Waals surface area (Å²) in [7, 11) is 0. The van der Waals surface area contributed by atoms with E-state index in [1.807, 2.05) is 43.3 Å². The van der Waals surface area contributed by atoms with Crippen molar-refractivity contribution >= 4 is 17.9 Å². The van der Waals surface area contributed by atoms with Gasteiger partial charge in [-0.2, -0.15) is 0 Å². The lowest BCUT2D eigenvalue weighted by Gasteiger charge is -2.13. The molecule has 0 heterocycles. The molecule has 0 fully saturated rings. The summed E-state index contributed by atoms with van der Waals surface area (Å²) >= 11 is 6.00. The lowest BCUT2D eigenvalue weighted by atomic mass is 10.0. The minimum atomic E-state index is -0.627. The highest BCUT2D eigenvalue weighted by Crippen LogP contribution is 2.20. The van der Waals surface area contributed by atoms with Crippen molar-refractivity contribution in [1.29, 1.82) is 0 Å². The zero-order valence-corrected chi connectivity index (χ0v) is 18.7. The lowest BCUT2D eigenvalue weighted by Crippen LogP contribution is -2.17. The Morgan fingerprint density at radius 2 is 0.963 bits per heavy atom. The van der Waals surface area contributed by atoms with Crippen molar-refractivity contribution in [3.8, 4) is 0 Å². The average Bonchev–Trinajstić information content (AvgIpc) is 2.67. The van der Waals surface area contributed by atoms with E-state index >= 15 is 0 Å². The largest absolute Gasteiger partial charge is 0.344 e. The van der Waals surface area contributed by atoms with Crippen molar-refractivity contribution in [1.82, 2.24) is 6.15 Å². The van der Waals surface area contributed by atoms with Crippen molar-refractivity contribution in [3.63, 3.8) is 0 Å². The van der Waals surface area contributed by atoms with Gasteiger partial charge in [-0.25, -0.2) is 0 Å². The van der Waals surface area contributed by atoms with Crippen LogP contribution in [0.3, 0.4) is 0 Å². The molecule has 0 spiro atoms. The number of halogens is 1. The second kappa shape index (κ2) is 21.4. The highest BCUT2D eigenvalue weighted by atomic mass is 35.5. The molecule has 1 atom stereocenters. The maximum atomic E-state index is 10.6. The Balaban J connectivity index is 0. The number of carbonyl (C=O) groups is 1. The van der Waals surface area contributed by atoms with Crippen molar-refractivity contribution in [3.05, 3.63) is 36.4 Å². The Labute approximate surface area is 174 Å². The van der Waals surface area contributed by atoms with Gasteiger partial charge in [0.1, 0.15) is 6.29 Å². The van der Waals surface area contributed by atoms with Crippen LogP contribution in [0, 0.1) is 0 Å². The SMILES string of the molecule is CCCCCCCCCCCCCCCC(C)(Cl)C=O.N.c1ccccc1. The van der Waals surface area contributed by atoms with Gasteiger partial charge in [0, 0.05) is 0 Å². The highest BCUT2D eigenvalue weighted by Gasteiger charge is 2.18. The van der Waals surface area contributed by atoms with Gasteiger partial charge in [0.25, 0.3) is 0 Å². The maximum absolute atomic E-state index is 10.6. The van der Waals surface area contributed by atoms with E-state index in [0.29, 0.717) is 0 Å². The van der Waals surface area contributed by atoms with Crippen molar-refractivity contribution < 1.29 is 4.79 Å². The summed E-state index contributed by atoms with van der Waals surface area (Å²) in [6, 6.07) is 12.0. The standard InChI is InChI=1S/C18H35ClO.C6H6.H3N/c1-3-4-5-6-7-8-9-10-11-12-13-14-15-16-18(2,19)17-20;1-2-4-6-5-3-1;/h17H,3-16H2,1-2H3;1-6H;1H3. The number of benzene rings is 1. The molecule has 3 heteroatoms. The van der Waals surface area contributed by atoms with Crippen LogP contribution in [0.4, 0.5) is 0 Å². The molecule has 1 rings (SSSR count). The second-order valence-corrected chi connectivity index (χ2v) is 8.41. The van der Waals surface area contributed by atoms with E-state index in [0.717, 1.165) is 19.1 Å². The van der Waals surface area contributed by atoms with Crippen LogP contribution in [0.2, 0.25) is 0 Å². The van der Waals surface area contributed by atoms with Crippen molar-refractivity contribution in [2.45, 2.75) is 109 Å². The molecule has 1 unspecified atom stereocenters. The van der Waals surface area contributed by atoms with Gasteiger partial charge in [-0.1, -0.05) is 127 Å². The van der Waals surface area contributed by atoms with Gasteiger partial charge in [0.2, 0.25) is 0 Å². The third kappa shape index (κ3) is 23.1. The molecular weight excluding hydrogens is 354 g/mol. The molecule has 0 aliphatic rings. The van der Waals surface area contributed by atoms with Crippen LogP contribution in [0.25, 0.3) is 0 Å². The minimum absolute atomic E-state index is 0. The Morgan fingerprint density at radius 1 is 0.667 bits per heavy atom. The maximum Gasteiger partial charge on any atom is 0.140 e. The zero-order valence-electron chi connectivity index (χ0n) is 17.9. The predicted octanol–water partition coefficient (Wildman–Crippen LogP) is 8.51. The monoisotopic (exact) mass is 397 g/mol. The summed E-state index contributed by atoms with van der Waals surface area (Å²) in [5.74, 6) is 0. The fourth-order valence-electron chi connectivity index (χ4n) is 2.93. The van der Waals surface area contributed by atoms with E-state index in [2.05, 4.69) is 6.92 Å². The van der Waals surface area contributed by atoms with Crippen molar-refractivity contribution in [2.24, 2.45) is 0 Å². The first-order valence-electron chi connectivity index (χ1n) is 10.8. The van der Waals surface area contributed by atoms with E-state index in [1.165, 1.54) is 77.0 Å². The van der Waals surface area contributed by atoms with Gasteiger partial charge in [-0.05, 0) is 13.3 Å². The van der Waals surface area contributed by atoms with Crippen molar-refractivity contribution in [2.75, 3.05) is 0 Å². The van der Waals surface area contributed by atoms with Gasteiger partial charge in [-0.3, -0.25) is 0 Å². The number of hydrogen-bond acceptors (Lipinski definition) is 2. The summed E-state index contributed by atoms with van der Waals surface area (Å²) < 4.78 is 0. The summed E-state index contributed by atoms with van der Waals surface area (Å²) in [4.78, 5) is 10.0. The number of alkyl halides is 1.